The molecule has 4 nitrogen and oxygen atoms in total. The van der Waals surface area contributed by atoms with E-state index in [1.54, 1.807) is 0 Å². The van der Waals surface area contributed by atoms with Crippen LogP contribution in [0.15, 0.2) is 12.1 Å². The molecule has 1 fully saturated rings. The predicted octanol–water partition coefficient (Wildman–Crippen LogP) is 1.83. The van der Waals surface area contributed by atoms with Gasteiger partial charge in [-0.1, -0.05) is 6.92 Å². The fourth-order valence-corrected chi connectivity index (χ4v) is 4.39. The normalized spacial score (nSPS) is 26.4. The fraction of sp³-hybridized carbons (Fsp3) is 0.750. The summed E-state index contributed by atoms with van der Waals surface area (Å²) >= 11 is 1.83. The summed E-state index contributed by atoms with van der Waals surface area (Å²) in [6, 6.07) is 5.08. The summed E-state index contributed by atoms with van der Waals surface area (Å²) in [4.78, 5) is 7.29. The molecule has 0 bridgehead atoms. The third-order valence-electron chi connectivity index (χ3n) is 4.30. The second kappa shape index (κ2) is 7.20. The number of likely N-dealkylation sites (tertiary alicyclic amines) is 1. The number of thiophene rings is 1. The van der Waals surface area contributed by atoms with Gasteiger partial charge in [-0.3, -0.25) is 4.90 Å². The van der Waals surface area contributed by atoms with E-state index in [1.165, 1.54) is 9.75 Å². The van der Waals surface area contributed by atoms with Crippen molar-refractivity contribution >= 4 is 11.3 Å². The van der Waals surface area contributed by atoms with E-state index in [-0.39, 0.29) is 18.2 Å². The zero-order chi connectivity index (χ0) is 15.6. The third kappa shape index (κ3) is 4.05. The maximum Gasteiger partial charge on any atom is 0.0682 e. The molecule has 2 heterocycles. The molecule has 0 aromatic carbocycles. The first-order chi connectivity index (χ1) is 9.92. The number of nitrogens with two attached hydrogens (primary N) is 1. The maximum absolute atomic E-state index is 10.1. The molecule has 1 aliphatic rings. The van der Waals surface area contributed by atoms with Gasteiger partial charge in [-0.2, -0.15) is 0 Å². The maximum atomic E-state index is 10.1. The number of aliphatic hydroxyl groups is 1. The smallest absolute Gasteiger partial charge is 0.0682 e. The van der Waals surface area contributed by atoms with Crippen LogP contribution in [0.3, 0.4) is 0 Å². The number of hydrogen-bond acceptors (Lipinski definition) is 5. The number of aliphatic hydroxyl groups excluding tert-OH is 1. The molecule has 1 aromatic heterocycles. The highest BCUT2D eigenvalue weighted by Crippen LogP contribution is 2.36. The number of hydrogen-bond donors (Lipinski definition) is 2. The third-order valence-corrected chi connectivity index (χ3v) is 5.37. The van der Waals surface area contributed by atoms with Crippen LogP contribution in [-0.2, 0) is 0 Å². The van der Waals surface area contributed by atoms with Crippen molar-refractivity contribution in [3.63, 3.8) is 0 Å². The first-order valence-electron chi connectivity index (χ1n) is 7.82. The minimum atomic E-state index is -0.234. The van der Waals surface area contributed by atoms with Crippen LogP contribution in [0.4, 0.5) is 0 Å². The highest BCUT2D eigenvalue weighted by Gasteiger charge is 2.38. The highest BCUT2D eigenvalue weighted by atomic mass is 32.1. The number of likely N-dealkylation sites (N-methyl/N-ethyl adjacent to an activating group) is 1. The van der Waals surface area contributed by atoms with Crippen LogP contribution >= 0.6 is 11.3 Å². The van der Waals surface area contributed by atoms with Gasteiger partial charge in [0.05, 0.1) is 12.1 Å². The number of nitrogens with zero attached hydrogens (tertiary/aromatic N) is 2. The van der Waals surface area contributed by atoms with Gasteiger partial charge < -0.3 is 15.7 Å². The van der Waals surface area contributed by atoms with Crippen LogP contribution in [0.2, 0.25) is 0 Å². The zero-order valence-electron chi connectivity index (χ0n) is 13.6. The van der Waals surface area contributed by atoms with E-state index in [0.29, 0.717) is 6.04 Å². The lowest BCUT2D eigenvalue weighted by atomic mass is 10.0. The van der Waals surface area contributed by atoms with E-state index < -0.39 is 0 Å². The van der Waals surface area contributed by atoms with Crippen molar-refractivity contribution in [3.8, 4) is 0 Å². The molecule has 1 aromatic rings. The molecule has 4 unspecified atom stereocenters. The topological polar surface area (TPSA) is 52.7 Å². The lowest BCUT2D eigenvalue weighted by Crippen LogP contribution is -2.46. The summed E-state index contributed by atoms with van der Waals surface area (Å²) in [5, 5.41) is 10.1. The van der Waals surface area contributed by atoms with Gasteiger partial charge in [-0.05, 0) is 46.0 Å². The zero-order valence-corrected chi connectivity index (χ0v) is 14.4. The van der Waals surface area contributed by atoms with Gasteiger partial charge in [0.15, 0.2) is 0 Å². The summed E-state index contributed by atoms with van der Waals surface area (Å²) in [7, 11) is 4.18. The van der Waals surface area contributed by atoms with Gasteiger partial charge in [0, 0.05) is 34.9 Å². The first kappa shape index (κ1) is 16.9. The van der Waals surface area contributed by atoms with E-state index in [2.05, 4.69) is 49.9 Å². The average molecular weight is 311 g/mol. The van der Waals surface area contributed by atoms with Crippen molar-refractivity contribution in [3.05, 3.63) is 21.9 Å². The summed E-state index contributed by atoms with van der Waals surface area (Å²) < 4.78 is 0. The second-order valence-corrected chi connectivity index (χ2v) is 7.79. The minimum absolute atomic E-state index is 0.109. The molecule has 0 radical (unpaired) electrons. The molecule has 4 atom stereocenters. The Hall–Kier alpha value is -0.460. The molecular weight excluding hydrogens is 282 g/mol. The van der Waals surface area contributed by atoms with Crippen LogP contribution in [0, 0.1) is 6.92 Å². The van der Waals surface area contributed by atoms with Gasteiger partial charge >= 0.3 is 0 Å². The quantitative estimate of drug-likeness (QED) is 0.841. The Morgan fingerprint density at radius 2 is 2.19 bits per heavy atom. The second-order valence-electron chi connectivity index (χ2n) is 6.47. The van der Waals surface area contributed by atoms with E-state index in [1.807, 2.05) is 11.3 Å². The van der Waals surface area contributed by atoms with Crippen LogP contribution < -0.4 is 5.73 Å². The molecule has 3 N–H and O–H groups in total. The lowest BCUT2D eigenvalue weighted by Gasteiger charge is -2.36. The van der Waals surface area contributed by atoms with Crippen LogP contribution in [-0.4, -0.2) is 60.3 Å². The minimum Gasteiger partial charge on any atom is -0.392 e. The van der Waals surface area contributed by atoms with Crippen molar-refractivity contribution in [2.75, 3.05) is 27.2 Å². The molecule has 0 aliphatic carbocycles. The van der Waals surface area contributed by atoms with E-state index in [9.17, 15) is 5.11 Å². The number of β-amino-alcohol motifs (C(OH)–C–C–N with tert-alkyl or cyclic N) is 1. The van der Waals surface area contributed by atoms with Gasteiger partial charge in [0.25, 0.3) is 0 Å². The molecule has 1 saturated heterocycles. The molecule has 0 saturated carbocycles. The standard InChI is InChI=1S/C16H29N3OS/c1-5-14(17)16(15-7-6-11(2)21-15)19-10-13(20)8-12(19)9-18(3)4/h6-7,12-14,16,20H,5,8-10,17H2,1-4H3. The molecule has 1 aliphatic heterocycles. The van der Waals surface area contributed by atoms with Crippen molar-refractivity contribution in [2.45, 2.75) is 50.9 Å². The van der Waals surface area contributed by atoms with E-state index in [4.69, 9.17) is 5.73 Å². The largest absolute Gasteiger partial charge is 0.392 e. The molecule has 21 heavy (non-hydrogen) atoms. The summed E-state index contributed by atoms with van der Waals surface area (Å²) in [5.74, 6) is 0. The van der Waals surface area contributed by atoms with Crippen molar-refractivity contribution in [1.29, 1.82) is 0 Å². The highest BCUT2D eigenvalue weighted by molar-refractivity contribution is 7.12. The SMILES string of the molecule is CCC(N)C(c1ccc(C)s1)N1CC(O)CC1CN(C)C. The molecule has 0 amide bonds. The van der Waals surface area contributed by atoms with E-state index in [0.717, 1.165) is 25.9 Å². The molecule has 2 rings (SSSR count). The van der Waals surface area contributed by atoms with Crippen LogP contribution in [0.1, 0.15) is 35.6 Å². The molecular formula is C16H29N3OS. The lowest BCUT2D eigenvalue weighted by molar-refractivity contribution is 0.121. The fourth-order valence-electron chi connectivity index (χ4n) is 3.31. The Bertz CT molecular complexity index is 448. The average Bonchev–Trinajstić information content (AvgIpc) is 2.96. The van der Waals surface area contributed by atoms with Crippen molar-refractivity contribution in [1.82, 2.24) is 9.80 Å². The van der Waals surface area contributed by atoms with Crippen molar-refractivity contribution < 1.29 is 5.11 Å². The Morgan fingerprint density at radius 3 is 2.71 bits per heavy atom. The summed E-state index contributed by atoms with van der Waals surface area (Å²) in [6.45, 7) is 5.98. The van der Waals surface area contributed by atoms with E-state index >= 15 is 0 Å². The monoisotopic (exact) mass is 311 g/mol. The van der Waals surface area contributed by atoms with Gasteiger partial charge in [-0.15, -0.1) is 11.3 Å². The predicted molar refractivity (Wildman–Crippen MR) is 89.7 cm³/mol. The Balaban J connectivity index is 2.26. The number of aryl methyl sites for hydroxylation is 1. The Kier molecular flexibility index (Phi) is 5.80. The van der Waals surface area contributed by atoms with Crippen LogP contribution in [0.25, 0.3) is 0 Å². The Labute approximate surface area is 132 Å². The number of rotatable bonds is 6. The first-order valence-corrected chi connectivity index (χ1v) is 8.64. The molecule has 5 heteroatoms. The van der Waals surface area contributed by atoms with Gasteiger partial charge in [0.1, 0.15) is 0 Å². The van der Waals surface area contributed by atoms with Crippen molar-refractivity contribution in [2.24, 2.45) is 5.73 Å². The molecule has 120 valence electrons. The van der Waals surface area contributed by atoms with Gasteiger partial charge in [0.2, 0.25) is 0 Å². The Morgan fingerprint density at radius 1 is 1.48 bits per heavy atom. The summed E-state index contributed by atoms with van der Waals surface area (Å²) in [5.41, 5.74) is 6.45. The summed E-state index contributed by atoms with van der Waals surface area (Å²) in [6.07, 6.45) is 1.56. The van der Waals surface area contributed by atoms with Gasteiger partial charge in [-0.25, -0.2) is 0 Å². The molecule has 0 spiro atoms. The van der Waals surface area contributed by atoms with Crippen LogP contribution in [0.5, 0.6) is 0 Å².